The number of tetrazole rings is 1. The number of hydrogen-bond donors (Lipinski definition) is 2. The first-order valence-corrected chi connectivity index (χ1v) is 14.2. The number of aromatic nitrogens is 5. The summed E-state index contributed by atoms with van der Waals surface area (Å²) in [5, 5.41) is 15.9. The number of amides is 1. The Morgan fingerprint density at radius 2 is 1.89 bits per heavy atom. The van der Waals surface area contributed by atoms with Gasteiger partial charge in [0, 0.05) is 24.3 Å². The number of nitrogens with one attached hydrogen (secondary N) is 2. The van der Waals surface area contributed by atoms with Gasteiger partial charge in [0.15, 0.2) is 0 Å². The van der Waals surface area contributed by atoms with Gasteiger partial charge in [-0.25, -0.2) is 18.1 Å². The zero-order chi connectivity index (χ0) is 26.4. The topological polar surface area (TPSA) is 141 Å². The summed E-state index contributed by atoms with van der Waals surface area (Å²) >= 11 is 0. The van der Waals surface area contributed by atoms with Gasteiger partial charge < -0.3 is 10.1 Å². The third kappa shape index (κ3) is 7.80. The van der Waals surface area contributed by atoms with Crippen LogP contribution < -0.4 is 14.8 Å². The molecule has 1 saturated carbocycles. The van der Waals surface area contributed by atoms with Gasteiger partial charge in [0.2, 0.25) is 15.8 Å². The maximum Gasteiger partial charge on any atom is 0.270 e. The lowest BCUT2D eigenvalue weighted by Gasteiger charge is -2.27. The molecule has 0 aliphatic heterocycles. The predicted molar refractivity (Wildman–Crippen MR) is 138 cm³/mol. The zero-order valence-corrected chi connectivity index (χ0v) is 22.2. The first kappa shape index (κ1) is 26.7. The summed E-state index contributed by atoms with van der Waals surface area (Å²) in [5.74, 6) is 1.65. The van der Waals surface area contributed by atoms with Crippen molar-refractivity contribution in [3.63, 3.8) is 0 Å². The number of pyridine rings is 1. The molecule has 37 heavy (non-hydrogen) atoms. The molecule has 3 aromatic rings. The molecular formula is C25H33N7O4S. The number of benzene rings is 1. The van der Waals surface area contributed by atoms with E-state index < -0.39 is 10.0 Å². The van der Waals surface area contributed by atoms with Crippen molar-refractivity contribution < 1.29 is 17.9 Å². The quantitative estimate of drug-likeness (QED) is 0.409. The van der Waals surface area contributed by atoms with Crippen molar-refractivity contribution in [1.82, 2.24) is 35.2 Å². The highest BCUT2D eigenvalue weighted by molar-refractivity contribution is 7.88. The summed E-state index contributed by atoms with van der Waals surface area (Å²) in [7, 11) is -1.55. The maximum absolute atomic E-state index is 12.8. The summed E-state index contributed by atoms with van der Waals surface area (Å²) in [6.45, 7) is 3.32. The second-order valence-electron chi connectivity index (χ2n) is 9.59. The van der Waals surface area contributed by atoms with Crippen LogP contribution in [0.2, 0.25) is 0 Å². The van der Waals surface area contributed by atoms with E-state index in [1.165, 1.54) is 6.26 Å². The van der Waals surface area contributed by atoms with Crippen LogP contribution in [0.5, 0.6) is 5.75 Å². The number of ether oxygens (including phenoxy) is 1. The van der Waals surface area contributed by atoms with Crippen molar-refractivity contribution >= 4 is 15.9 Å². The molecule has 1 aliphatic carbocycles. The van der Waals surface area contributed by atoms with E-state index in [2.05, 4.69) is 30.4 Å². The average Bonchev–Trinajstić information content (AvgIpc) is 3.34. The van der Waals surface area contributed by atoms with E-state index in [-0.39, 0.29) is 11.6 Å². The molecule has 0 unspecified atom stereocenters. The van der Waals surface area contributed by atoms with Crippen molar-refractivity contribution in [1.29, 1.82) is 0 Å². The molecule has 2 N–H and O–H groups in total. The van der Waals surface area contributed by atoms with Crippen LogP contribution in [0.3, 0.4) is 0 Å². The highest BCUT2D eigenvalue weighted by Gasteiger charge is 2.23. The summed E-state index contributed by atoms with van der Waals surface area (Å²) in [4.78, 5) is 18.8. The highest BCUT2D eigenvalue weighted by atomic mass is 32.2. The van der Waals surface area contributed by atoms with Crippen molar-refractivity contribution in [3.8, 4) is 17.1 Å². The Kier molecular flexibility index (Phi) is 8.49. The van der Waals surface area contributed by atoms with Gasteiger partial charge in [-0.3, -0.25) is 4.79 Å². The standard InChI is InChI=1S/C25H33N7O4S/c1-17-11-21(13-23(28-17)25(33)26-14-20-5-4-6-22(12-20)36-2)24-29-31-32(30-24)16-19-9-7-18(8-10-19)15-27-37(3,34)35/h4-6,11-13,18-19,27H,7-10,14-16H2,1-3H3,(H,26,33)/t18-,19-. The average molecular weight is 528 g/mol. The van der Waals surface area contributed by atoms with Crippen molar-refractivity contribution in [2.24, 2.45) is 11.8 Å². The van der Waals surface area contributed by atoms with E-state index in [0.29, 0.717) is 48.6 Å². The molecule has 4 rings (SSSR count). The summed E-state index contributed by atoms with van der Waals surface area (Å²) in [6, 6.07) is 11.0. The van der Waals surface area contributed by atoms with E-state index in [1.807, 2.05) is 37.3 Å². The Labute approximate surface area is 217 Å². The van der Waals surface area contributed by atoms with Crippen molar-refractivity contribution in [2.75, 3.05) is 19.9 Å². The minimum Gasteiger partial charge on any atom is -0.497 e. The van der Waals surface area contributed by atoms with Gasteiger partial charge in [-0.1, -0.05) is 12.1 Å². The minimum atomic E-state index is -3.16. The third-order valence-electron chi connectivity index (χ3n) is 6.51. The van der Waals surface area contributed by atoms with Crippen LogP contribution in [0.15, 0.2) is 36.4 Å². The Bertz CT molecular complexity index is 1330. The van der Waals surface area contributed by atoms with Crippen LogP contribution in [0, 0.1) is 18.8 Å². The van der Waals surface area contributed by atoms with Crippen LogP contribution in [-0.2, 0) is 23.1 Å². The SMILES string of the molecule is COc1cccc(CNC(=O)c2cc(-c3nnn(C[C@H]4CC[C@H](CNS(C)(=O)=O)CC4)n3)cc(C)n2)c1. The molecule has 2 heterocycles. The Morgan fingerprint density at radius 3 is 2.62 bits per heavy atom. The molecule has 1 aliphatic rings. The molecule has 1 amide bonds. The van der Waals surface area contributed by atoms with Gasteiger partial charge in [0.05, 0.1) is 19.9 Å². The molecular weight excluding hydrogens is 494 g/mol. The normalized spacial score (nSPS) is 17.9. The molecule has 11 nitrogen and oxygen atoms in total. The number of carbonyl (C=O) groups excluding carboxylic acids is 1. The van der Waals surface area contributed by atoms with Gasteiger partial charge in [0.25, 0.3) is 5.91 Å². The number of rotatable bonds is 10. The second kappa shape index (κ2) is 11.8. The monoisotopic (exact) mass is 527 g/mol. The molecule has 0 saturated heterocycles. The van der Waals surface area contributed by atoms with E-state index in [0.717, 1.165) is 37.0 Å². The molecule has 2 aromatic heterocycles. The molecule has 198 valence electrons. The number of nitrogens with zero attached hydrogens (tertiary/aromatic N) is 5. The molecule has 1 aromatic carbocycles. The summed E-state index contributed by atoms with van der Waals surface area (Å²) in [6.07, 6.45) is 5.09. The van der Waals surface area contributed by atoms with Gasteiger partial charge in [0.1, 0.15) is 11.4 Å². The van der Waals surface area contributed by atoms with Crippen LogP contribution in [0.4, 0.5) is 0 Å². The number of carbonyl (C=O) groups is 1. The lowest BCUT2D eigenvalue weighted by molar-refractivity contribution is 0.0945. The van der Waals surface area contributed by atoms with Crippen molar-refractivity contribution in [2.45, 2.75) is 45.7 Å². The summed E-state index contributed by atoms with van der Waals surface area (Å²) < 4.78 is 30.5. The number of hydrogen-bond acceptors (Lipinski definition) is 8. The molecule has 0 spiro atoms. The van der Waals surface area contributed by atoms with Gasteiger partial charge in [-0.05, 0) is 79.5 Å². The third-order valence-corrected chi connectivity index (χ3v) is 7.20. The number of aryl methyl sites for hydroxylation is 1. The first-order chi connectivity index (χ1) is 17.7. The second-order valence-corrected chi connectivity index (χ2v) is 11.4. The lowest BCUT2D eigenvalue weighted by atomic mass is 9.82. The van der Waals surface area contributed by atoms with Gasteiger partial charge in [-0.15, -0.1) is 10.2 Å². The Morgan fingerprint density at radius 1 is 1.14 bits per heavy atom. The van der Waals surface area contributed by atoms with E-state index in [9.17, 15) is 13.2 Å². The molecule has 12 heteroatoms. The minimum absolute atomic E-state index is 0.287. The predicted octanol–water partition coefficient (Wildman–Crippen LogP) is 2.34. The number of sulfonamides is 1. The fraction of sp³-hybridized carbons (Fsp3) is 0.480. The van der Waals surface area contributed by atoms with Gasteiger partial charge >= 0.3 is 0 Å². The van der Waals surface area contributed by atoms with E-state index in [1.54, 1.807) is 18.0 Å². The number of methoxy groups -OCH3 is 1. The Hall–Kier alpha value is -3.38. The van der Waals surface area contributed by atoms with Crippen molar-refractivity contribution in [3.05, 3.63) is 53.3 Å². The smallest absolute Gasteiger partial charge is 0.270 e. The van der Waals surface area contributed by atoms with Gasteiger partial charge in [-0.2, -0.15) is 4.80 Å². The maximum atomic E-state index is 12.8. The molecule has 0 atom stereocenters. The van der Waals surface area contributed by atoms with E-state index in [4.69, 9.17) is 4.74 Å². The molecule has 1 fully saturated rings. The van der Waals surface area contributed by atoms with E-state index >= 15 is 0 Å². The summed E-state index contributed by atoms with van der Waals surface area (Å²) in [5.41, 5.74) is 2.57. The highest BCUT2D eigenvalue weighted by Crippen LogP contribution is 2.29. The van der Waals surface area contributed by atoms with Crippen LogP contribution in [0.25, 0.3) is 11.4 Å². The zero-order valence-electron chi connectivity index (χ0n) is 21.3. The largest absolute Gasteiger partial charge is 0.497 e. The van der Waals surface area contributed by atoms with Crippen LogP contribution in [-0.4, -0.2) is 59.4 Å². The molecule has 0 bridgehead atoms. The lowest BCUT2D eigenvalue weighted by Crippen LogP contribution is -2.31. The van der Waals surface area contributed by atoms with Crippen LogP contribution in [0.1, 0.15) is 47.4 Å². The molecule has 0 radical (unpaired) electrons. The van der Waals surface area contributed by atoms with Crippen LogP contribution >= 0.6 is 0 Å². The Balaban J connectivity index is 1.34. The first-order valence-electron chi connectivity index (χ1n) is 12.3. The fourth-order valence-electron chi connectivity index (χ4n) is 4.52. The fourth-order valence-corrected chi connectivity index (χ4v) is 5.06.